The molecule has 0 atom stereocenters. The number of rotatable bonds is 1. The zero-order chi connectivity index (χ0) is 9.42. The number of hydrogen-bond acceptors (Lipinski definition) is 4. The monoisotopic (exact) mass is 194 g/mol. The van der Waals surface area contributed by atoms with Gasteiger partial charge in [0.1, 0.15) is 0 Å². The molecule has 13 heavy (non-hydrogen) atoms. The summed E-state index contributed by atoms with van der Waals surface area (Å²) in [7, 11) is 0. The van der Waals surface area contributed by atoms with Gasteiger partial charge in [-0.3, -0.25) is 0 Å². The number of aromatic carboxylic acids is 1. The summed E-state index contributed by atoms with van der Waals surface area (Å²) < 4.78 is 0.803. The first kappa shape index (κ1) is 8.00. The van der Waals surface area contributed by atoms with Crippen molar-refractivity contribution < 1.29 is 9.90 Å². The van der Waals surface area contributed by atoms with Crippen LogP contribution in [0.5, 0.6) is 0 Å². The molecule has 2 rings (SSSR count). The van der Waals surface area contributed by atoms with E-state index in [0.717, 1.165) is 16.0 Å². The first-order valence-corrected chi connectivity index (χ1v) is 4.38. The lowest BCUT2D eigenvalue weighted by Gasteiger charge is -1.88. The molecule has 0 radical (unpaired) electrons. The second-order valence-corrected chi connectivity index (χ2v) is 3.58. The van der Waals surface area contributed by atoms with Gasteiger partial charge >= 0.3 is 5.97 Å². The van der Waals surface area contributed by atoms with E-state index in [4.69, 9.17) is 10.8 Å². The lowest BCUT2D eigenvalue weighted by Crippen LogP contribution is -1.93. The van der Waals surface area contributed by atoms with Crippen molar-refractivity contribution >= 4 is 33.2 Å². The van der Waals surface area contributed by atoms with Gasteiger partial charge in [-0.05, 0) is 18.2 Å². The van der Waals surface area contributed by atoms with Crippen molar-refractivity contribution in [1.29, 1.82) is 0 Å². The van der Waals surface area contributed by atoms with Crippen LogP contribution in [0, 0.1) is 0 Å². The maximum atomic E-state index is 10.6. The average Bonchev–Trinajstić information content (AvgIpc) is 2.46. The predicted molar refractivity (Wildman–Crippen MR) is 51.0 cm³/mol. The van der Waals surface area contributed by atoms with E-state index in [-0.39, 0.29) is 5.01 Å². The molecule has 0 fully saturated rings. The molecule has 1 aromatic carbocycles. The zero-order valence-corrected chi connectivity index (χ0v) is 7.34. The Bertz CT molecular complexity index is 478. The summed E-state index contributed by atoms with van der Waals surface area (Å²) in [4.78, 5) is 14.5. The van der Waals surface area contributed by atoms with E-state index in [9.17, 15) is 4.79 Å². The van der Waals surface area contributed by atoms with Crippen LogP contribution in [0.4, 0.5) is 5.69 Å². The smallest absolute Gasteiger partial charge is 0.365 e. The second-order valence-electron chi connectivity index (χ2n) is 2.55. The molecule has 0 saturated carbocycles. The SMILES string of the molecule is Nc1ccc2nc(C(=O)O)sc2c1. The lowest BCUT2D eigenvalue weighted by molar-refractivity contribution is 0.0696. The number of anilines is 1. The number of nitrogens with zero attached hydrogens (tertiary/aromatic N) is 1. The highest BCUT2D eigenvalue weighted by Crippen LogP contribution is 2.23. The molecule has 0 aliphatic carbocycles. The summed E-state index contributed by atoms with van der Waals surface area (Å²) in [5.41, 5.74) is 6.84. The van der Waals surface area contributed by atoms with Crippen LogP contribution in [0.15, 0.2) is 18.2 Å². The van der Waals surface area contributed by atoms with E-state index in [1.165, 1.54) is 0 Å². The van der Waals surface area contributed by atoms with Crippen molar-refractivity contribution in [3.63, 3.8) is 0 Å². The Morgan fingerprint density at radius 2 is 2.31 bits per heavy atom. The van der Waals surface area contributed by atoms with Crippen LogP contribution >= 0.6 is 11.3 Å². The molecular formula is C8H6N2O2S. The minimum atomic E-state index is -1.00. The maximum absolute atomic E-state index is 10.6. The number of aromatic nitrogens is 1. The Morgan fingerprint density at radius 3 is 3.00 bits per heavy atom. The van der Waals surface area contributed by atoms with E-state index in [1.54, 1.807) is 18.2 Å². The quantitative estimate of drug-likeness (QED) is 0.675. The normalized spacial score (nSPS) is 10.5. The van der Waals surface area contributed by atoms with E-state index in [2.05, 4.69) is 4.98 Å². The molecule has 2 aromatic rings. The van der Waals surface area contributed by atoms with Gasteiger partial charge in [-0.1, -0.05) is 0 Å². The number of carbonyl (C=O) groups is 1. The standard InChI is InChI=1S/C8H6N2O2S/c9-4-1-2-5-6(3-4)13-7(10-5)8(11)12/h1-3H,9H2,(H,11,12). The fraction of sp³-hybridized carbons (Fsp3) is 0. The number of thiazole rings is 1. The van der Waals surface area contributed by atoms with Gasteiger partial charge in [-0.25, -0.2) is 9.78 Å². The average molecular weight is 194 g/mol. The Balaban J connectivity index is 2.68. The van der Waals surface area contributed by atoms with Crippen LogP contribution in [0.2, 0.25) is 0 Å². The van der Waals surface area contributed by atoms with Crippen molar-refractivity contribution in [3.05, 3.63) is 23.2 Å². The van der Waals surface area contributed by atoms with Crippen molar-refractivity contribution in [1.82, 2.24) is 4.98 Å². The molecule has 5 heteroatoms. The van der Waals surface area contributed by atoms with Crippen molar-refractivity contribution in [2.24, 2.45) is 0 Å². The van der Waals surface area contributed by atoms with Crippen molar-refractivity contribution in [2.45, 2.75) is 0 Å². The largest absolute Gasteiger partial charge is 0.476 e. The Labute approximate surface area is 77.6 Å². The first-order valence-electron chi connectivity index (χ1n) is 3.56. The van der Waals surface area contributed by atoms with Gasteiger partial charge in [0.05, 0.1) is 10.2 Å². The Hall–Kier alpha value is -1.62. The molecule has 0 unspecified atom stereocenters. The molecule has 0 aliphatic rings. The van der Waals surface area contributed by atoms with Crippen LogP contribution in [0.3, 0.4) is 0 Å². The minimum absolute atomic E-state index is 0.0978. The highest BCUT2D eigenvalue weighted by molar-refractivity contribution is 7.20. The maximum Gasteiger partial charge on any atom is 0.365 e. The fourth-order valence-corrected chi connectivity index (χ4v) is 1.89. The number of fused-ring (bicyclic) bond motifs is 1. The number of carboxylic acids is 1. The minimum Gasteiger partial charge on any atom is -0.476 e. The molecule has 66 valence electrons. The summed E-state index contributed by atoms with van der Waals surface area (Å²) in [6.45, 7) is 0. The van der Waals surface area contributed by atoms with Gasteiger partial charge < -0.3 is 10.8 Å². The number of hydrogen-bond donors (Lipinski definition) is 2. The number of nitrogen functional groups attached to an aromatic ring is 1. The third-order valence-electron chi connectivity index (χ3n) is 1.60. The molecule has 4 nitrogen and oxygen atoms in total. The second kappa shape index (κ2) is 2.70. The van der Waals surface area contributed by atoms with Crippen molar-refractivity contribution in [3.8, 4) is 0 Å². The van der Waals surface area contributed by atoms with E-state index >= 15 is 0 Å². The third kappa shape index (κ3) is 1.33. The molecule has 1 heterocycles. The molecule has 0 aliphatic heterocycles. The zero-order valence-electron chi connectivity index (χ0n) is 6.52. The Kier molecular flexibility index (Phi) is 1.66. The Morgan fingerprint density at radius 1 is 1.54 bits per heavy atom. The van der Waals surface area contributed by atoms with Gasteiger partial charge in [-0.2, -0.15) is 0 Å². The molecule has 0 amide bonds. The van der Waals surface area contributed by atoms with E-state index < -0.39 is 5.97 Å². The van der Waals surface area contributed by atoms with Gasteiger partial charge in [0.25, 0.3) is 0 Å². The van der Waals surface area contributed by atoms with Crippen LogP contribution in [0.1, 0.15) is 9.80 Å². The molecule has 3 N–H and O–H groups in total. The summed E-state index contributed by atoms with van der Waals surface area (Å²) in [6, 6.07) is 5.14. The van der Waals surface area contributed by atoms with Gasteiger partial charge in [0.2, 0.25) is 5.01 Å². The third-order valence-corrected chi connectivity index (χ3v) is 2.60. The lowest BCUT2D eigenvalue weighted by atomic mass is 10.3. The fourth-order valence-electron chi connectivity index (χ4n) is 1.03. The van der Waals surface area contributed by atoms with Crippen LogP contribution in [-0.2, 0) is 0 Å². The first-order chi connectivity index (χ1) is 6.16. The highest BCUT2D eigenvalue weighted by Gasteiger charge is 2.09. The summed E-state index contributed by atoms with van der Waals surface area (Å²) in [5.74, 6) is -1.00. The summed E-state index contributed by atoms with van der Waals surface area (Å²) in [6.07, 6.45) is 0. The van der Waals surface area contributed by atoms with Crippen LogP contribution in [-0.4, -0.2) is 16.1 Å². The molecule has 0 bridgehead atoms. The molecule has 1 aromatic heterocycles. The van der Waals surface area contributed by atoms with E-state index in [1.807, 2.05) is 0 Å². The van der Waals surface area contributed by atoms with Crippen molar-refractivity contribution in [2.75, 3.05) is 5.73 Å². The van der Waals surface area contributed by atoms with Crippen LogP contribution < -0.4 is 5.73 Å². The molecule has 0 spiro atoms. The van der Waals surface area contributed by atoms with Gasteiger partial charge in [0.15, 0.2) is 0 Å². The highest BCUT2D eigenvalue weighted by atomic mass is 32.1. The molecular weight excluding hydrogens is 188 g/mol. The number of benzene rings is 1. The summed E-state index contributed by atoms with van der Waals surface area (Å²) >= 11 is 1.13. The van der Waals surface area contributed by atoms with E-state index in [0.29, 0.717) is 11.2 Å². The number of carboxylic acid groups (broad SMARTS) is 1. The van der Waals surface area contributed by atoms with Gasteiger partial charge in [-0.15, -0.1) is 11.3 Å². The predicted octanol–water partition coefficient (Wildman–Crippen LogP) is 1.58. The molecule has 0 saturated heterocycles. The van der Waals surface area contributed by atoms with Gasteiger partial charge in [0, 0.05) is 5.69 Å². The number of nitrogens with two attached hydrogens (primary N) is 1. The summed E-state index contributed by atoms with van der Waals surface area (Å²) in [5, 5.41) is 8.77. The van der Waals surface area contributed by atoms with Crippen LogP contribution in [0.25, 0.3) is 10.2 Å². The topological polar surface area (TPSA) is 76.2 Å².